The van der Waals surface area contributed by atoms with Crippen LogP contribution in [-0.4, -0.2) is 29.4 Å². The Morgan fingerprint density at radius 3 is 2.75 bits per heavy atom. The van der Waals surface area contributed by atoms with Crippen molar-refractivity contribution in [3.8, 4) is 0 Å². The number of halogens is 1. The average molecular weight is 360 g/mol. The zero-order valence-corrected chi connectivity index (χ0v) is 12.6. The normalized spacial score (nSPS) is 26.3. The summed E-state index contributed by atoms with van der Waals surface area (Å²) in [5, 5.41) is 9.69. The Bertz CT molecular complexity index is 254. The minimum Gasteiger partial charge on any atom is -0.460 e. The van der Waals surface area contributed by atoms with Gasteiger partial charge in [0.1, 0.15) is 5.60 Å². The van der Waals surface area contributed by atoms with Crippen LogP contribution < -0.4 is 0 Å². The van der Waals surface area contributed by atoms with Crippen molar-refractivity contribution in [2.45, 2.75) is 38.9 Å². The van der Waals surface area contributed by atoms with Gasteiger partial charge in [0.15, 0.2) is 0 Å². The van der Waals surface area contributed by atoms with Gasteiger partial charge in [-0.15, -0.1) is 0 Å². The van der Waals surface area contributed by atoms with Crippen LogP contribution >= 0.6 is 30.4 Å². The van der Waals surface area contributed by atoms with Crippen LogP contribution in [0.15, 0.2) is 0 Å². The lowest BCUT2D eigenvalue weighted by Crippen LogP contribution is -2.26. The van der Waals surface area contributed by atoms with E-state index in [1.54, 1.807) is 0 Å². The first-order valence-electron chi connectivity index (χ1n) is 5.16. The van der Waals surface area contributed by atoms with Crippen molar-refractivity contribution in [2.75, 3.05) is 6.61 Å². The number of hydrogen-bond donors (Lipinski definition) is 1. The van der Waals surface area contributed by atoms with E-state index < -0.39 is 11.7 Å². The Balaban J connectivity index is 2.30. The second-order valence-corrected chi connectivity index (χ2v) is 6.39. The molecule has 0 unspecified atom stereocenters. The van der Waals surface area contributed by atoms with Gasteiger partial charge in [-0.2, -0.15) is 0 Å². The SMILES string of the molecule is CC(C)(C)OC(=O)[C@H]1C[C@@H]1[C@H](O)COSI. The van der Waals surface area contributed by atoms with E-state index in [0.717, 1.165) is 0 Å². The Morgan fingerprint density at radius 1 is 1.62 bits per heavy atom. The second kappa shape index (κ2) is 5.88. The van der Waals surface area contributed by atoms with Crippen LogP contribution in [0, 0.1) is 11.8 Å². The highest BCUT2D eigenvalue weighted by molar-refractivity contribution is 14.2. The first-order chi connectivity index (χ1) is 7.35. The number of hydrogen-bond acceptors (Lipinski definition) is 5. The van der Waals surface area contributed by atoms with E-state index in [2.05, 4.69) is 0 Å². The molecule has 1 fully saturated rings. The lowest BCUT2D eigenvalue weighted by Gasteiger charge is -2.19. The third kappa shape index (κ3) is 4.77. The molecule has 0 aromatic carbocycles. The van der Waals surface area contributed by atoms with E-state index in [1.807, 2.05) is 42.0 Å². The molecule has 6 heteroatoms. The standard InChI is InChI=1S/C10H17IO4S/c1-10(2,3)15-9(13)7-4-6(7)8(12)5-14-16-11/h6-8,12H,4-5H2,1-3H3/t6-,7-,8+/m0/s1. The monoisotopic (exact) mass is 360 g/mol. The molecule has 1 N–H and O–H groups in total. The van der Waals surface area contributed by atoms with Crippen LogP contribution in [0.2, 0.25) is 0 Å². The van der Waals surface area contributed by atoms with Crippen molar-refractivity contribution in [2.24, 2.45) is 11.8 Å². The Hall–Kier alpha value is 0.470. The molecule has 1 aliphatic rings. The summed E-state index contributed by atoms with van der Waals surface area (Å²) in [5.74, 6) is -0.367. The molecule has 0 radical (unpaired) electrons. The summed E-state index contributed by atoms with van der Waals surface area (Å²) in [6, 6.07) is 0. The van der Waals surface area contributed by atoms with Gasteiger partial charge in [0.2, 0.25) is 0 Å². The van der Waals surface area contributed by atoms with Crippen LogP contribution in [0.5, 0.6) is 0 Å². The third-order valence-electron chi connectivity index (χ3n) is 2.33. The van der Waals surface area contributed by atoms with Gasteiger partial charge in [-0.05, 0) is 27.2 Å². The van der Waals surface area contributed by atoms with E-state index in [0.29, 0.717) is 6.42 Å². The molecule has 0 aromatic rings. The predicted octanol–water partition coefficient (Wildman–Crippen LogP) is 2.34. The quantitative estimate of drug-likeness (QED) is 0.463. The second-order valence-electron chi connectivity index (χ2n) is 4.95. The van der Waals surface area contributed by atoms with Gasteiger partial charge >= 0.3 is 5.97 Å². The highest BCUT2D eigenvalue weighted by Crippen LogP contribution is 2.43. The van der Waals surface area contributed by atoms with E-state index in [-0.39, 0.29) is 24.4 Å². The minimum absolute atomic E-state index is 0.00148. The first-order valence-corrected chi connectivity index (χ1v) is 8.44. The lowest BCUT2D eigenvalue weighted by atomic mass is 10.2. The van der Waals surface area contributed by atoms with E-state index in [4.69, 9.17) is 8.92 Å². The Morgan fingerprint density at radius 2 is 2.25 bits per heavy atom. The van der Waals surface area contributed by atoms with Crippen LogP contribution in [0.1, 0.15) is 27.2 Å². The molecule has 1 saturated carbocycles. The smallest absolute Gasteiger partial charge is 0.309 e. The van der Waals surface area contributed by atoms with E-state index in [9.17, 15) is 9.90 Å². The summed E-state index contributed by atoms with van der Waals surface area (Å²) in [5.41, 5.74) is -0.455. The molecule has 0 spiro atoms. The molecule has 1 aliphatic carbocycles. The number of carbonyl (C=O) groups excluding carboxylic acids is 1. The minimum atomic E-state index is -0.570. The van der Waals surface area contributed by atoms with Crippen molar-refractivity contribution in [1.29, 1.82) is 0 Å². The Labute approximate surface area is 112 Å². The van der Waals surface area contributed by atoms with Crippen molar-refractivity contribution >= 4 is 36.4 Å². The van der Waals surface area contributed by atoms with Crippen molar-refractivity contribution in [1.82, 2.24) is 0 Å². The fraction of sp³-hybridized carbons (Fsp3) is 0.900. The predicted molar refractivity (Wildman–Crippen MR) is 71.0 cm³/mol. The number of aliphatic hydroxyl groups excluding tert-OH is 1. The number of carbonyl (C=O) groups is 1. The summed E-state index contributed by atoms with van der Waals surface area (Å²) < 4.78 is 10.3. The Kier molecular flexibility index (Phi) is 5.34. The van der Waals surface area contributed by atoms with E-state index in [1.165, 1.54) is 9.21 Å². The third-order valence-corrected chi connectivity index (χ3v) is 3.31. The molecule has 3 atom stereocenters. The van der Waals surface area contributed by atoms with Gasteiger partial charge in [-0.3, -0.25) is 4.79 Å². The fourth-order valence-electron chi connectivity index (χ4n) is 1.51. The maximum Gasteiger partial charge on any atom is 0.309 e. The van der Waals surface area contributed by atoms with Gasteiger partial charge in [0.05, 0.1) is 27.8 Å². The number of esters is 1. The summed E-state index contributed by atoms with van der Waals surface area (Å²) in [6.45, 7) is 5.79. The van der Waals surface area contributed by atoms with Crippen LogP contribution in [0.4, 0.5) is 0 Å². The number of aliphatic hydroxyl groups is 1. The van der Waals surface area contributed by atoms with Gasteiger partial charge in [-0.25, -0.2) is 0 Å². The van der Waals surface area contributed by atoms with Crippen molar-refractivity contribution < 1.29 is 18.8 Å². The molecule has 4 nitrogen and oxygen atoms in total. The largest absolute Gasteiger partial charge is 0.460 e. The summed E-state index contributed by atoms with van der Waals surface area (Å²) in [7, 11) is 1.19. The molecule has 0 heterocycles. The summed E-state index contributed by atoms with van der Waals surface area (Å²) in [6.07, 6.45) is 0.130. The molecule has 0 saturated heterocycles. The van der Waals surface area contributed by atoms with Crippen molar-refractivity contribution in [3.05, 3.63) is 0 Å². The van der Waals surface area contributed by atoms with Gasteiger partial charge in [0, 0.05) is 27.1 Å². The number of rotatable bonds is 5. The molecule has 0 bridgehead atoms. The van der Waals surface area contributed by atoms with Gasteiger partial charge in [-0.1, -0.05) is 0 Å². The zero-order chi connectivity index (χ0) is 12.3. The maximum absolute atomic E-state index is 11.6. The zero-order valence-electron chi connectivity index (χ0n) is 9.60. The van der Waals surface area contributed by atoms with Crippen LogP contribution in [0.25, 0.3) is 0 Å². The van der Waals surface area contributed by atoms with Gasteiger partial charge in [0.25, 0.3) is 0 Å². The lowest BCUT2D eigenvalue weighted by molar-refractivity contribution is -0.157. The molecule has 0 aliphatic heterocycles. The highest BCUT2D eigenvalue weighted by atomic mass is 127. The number of ether oxygens (including phenoxy) is 1. The first kappa shape index (κ1) is 14.5. The average Bonchev–Trinajstić information content (AvgIpc) is 2.90. The molecule has 94 valence electrons. The topological polar surface area (TPSA) is 55.8 Å². The molecule has 16 heavy (non-hydrogen) atoms. The van der Waals surface area contributed by atoms with Crippen LogP contribution in [0.3, 0.4) is 0 Å². The maximum atomic E-state index is 11.6. The molecule has 1 rings (SSSR count). The van der Waals surface area contributed by atoms with Crippen molar-refractivity contribution in [3.63, 3.8) is 0 Å². The summed E-state index contributed by atoms with van der Waals surface area (Å²) >= 11 is 1.99. The van der Waals surface area contributed by atoms with E-state index >= 15 is 0 Å². The van der Waals surface area contributed by atoms with Gasteiger partial charge < -0.3 is 14.0 Å². The van der Waals surface area contributed by atoms with Crippen LogP contribution in [-0.2, 0) is 13.7 Å². The molecular weight excluding hydrogens is 343 g/mol. The summed E-state index contributed by atoms with van der Waals surface area (Å²) in [4.78, 5) is 11.6. The molecule has 0 amide bonds. The molecular formula is C10H17IO4S. The molecule has 0 aromatic heterocycles. The highest BCUT2D eigenvalue weighted by Gasteiger charge is 2.49. The fourth-order valence-corrected chi connectivity index (χ4v) is 2.14.